The molecule has 0 fully saturated rings. The second kappa shape index (κ2) is 6.62. The molecule has 34 heavy (non-hydrogen) atoms. The molecule has 2 heteroatoms. The molecular formula is C32H20BN. The lowest BCUT2D eigenvalue weighted by Crippen LogP contribution is -2.59. The second-order valence-corrected chi connectivity index (χ2v) is 9.34. The highest BCUT2D eigenvalue weighted by atomic mass is 15.1. The van der Waals surface area contributed by atoms with Gasteiger partial charge in [0.1, 0.15) is 0 Å². The van der Waals surface area contributed by atoms with Gasteiger partial charge in [0.05, 0.1) is 0 Å². The van der Waals surface area contributed by atoms with E-state index in [0.717, 1.165) is 0 Å². The molecule has 0 bridgehead atoms. The summed E-state index contributed by atoms with van der Waals surface area (Å²) in [6.07, 6.45) is 0. The molecule has 0 aliphatic carbocycles. The summed E-state index contributed by atoms with van der Waals surface area (Å²) in [5, 5.41) is 5.18. The fraction of sp³-hybridized carbons (Fsp3) is 0. The summed E-state index contributed by atoms with van der Waals surface area (Å²) in [5.41, 5.74) is 10.6. The number of hydrogen-bond acceptors (Lipinski definition) is 1. The zero-order chi connectivity index (χ0) is 22.2. The van der Waals surface area contributed by atoms with Crippen LogP contribution in [0.3, 0.4) is 0 Å². The predicted octanol–water partition coefficient (Wildman–Crippen LogP) is 6.90. The Labute approximate surface area is 199 Å². The maximum Gasteiger partial charge on any atom is 0.329 e. The van der Waals surface area contributed by atoms with Gasteiger partial charge in [0.15, 0.2) is 0 Å². The quantitative estimate of drug-likeness (QED) is 0.238. The third kappa shape index (κ3) is 2.30. The molecule has 8 rings (SSSR count). The molecule has 0 aromatic heterocycles. The van der Waals surface area contributed by atoms with Crippen LogP contribution in [0, 0.1) is 0 Å². The minimum absolute atomic E-state index is 0.138. The summed E-state index contributed by atoms with van der Waals surface area (Å²) in [6.45, 7) is 0.138. The van der Waals surface area contributed by atoms with Crippen LogP contribution in [0.1, 0.15) is 0 Å². The van der Waals surface area contributed by atoms with Gasteiger partial charge in [-0.15, -0.1) is 0 Å². The number of hydrogen-bond donors (Lipinski definition) is 0. The minimum Gasteiger partial charge on any atom is -0.376 e. The van der Waals surface area contributed by atoms with Crippen LogP contribution in [0.2, 0.25) is 0 Å². The Balaban J connectivity index is 1.54. The Kier molecular flexibility index (Phi) is 3.54. The number of rotatable bonds is 0. The molecule has 0 spiro atoms. The summed E-state index contributed by atoms with van der Waals surface area (Å²) < 4.78 is 0. The first kappa shape index (κ1) is 18.2. The summed E-state index contributed by atoms with van der Waals surface area (Å²) in [6, 6.07) is 44.8. The van der Waals surface area contributed by atoms with Crippen molar-refractivity contribution in [2.24, 2.45) is 0 Å². The van der Waals surface area contributed by atoms with Crippen LogP contribution in [0.5, 0.6) is 0 Å². The van der Waals surface area contributed by atoms with E-state index in [1.54, 1.807) is 0 Å². The normalized spacial score (nSPS) is 13.2. The van der Waals surface area contributed by atoms with E-state index >= 15 is 0 Å². The van der Waals surface area contributed by atoms with Crippen molar-refractivity contribution < 1.29 is 0 Å². The van der Waals surface area contributed by atoms with Crippen molar-refractivity contribution in [1.82, 2.24) is 0 Å². The van der Waals surface area contributed by atoms with Crippen LogP contribution < -0.4 is 15.7 Å². The van der Waals surface area contributed by atoms with Crippen LogP contribution >= 0.6 is 0 Å². The standard InChI is InChI=1S/C32H20BN/c1-2-11-23-20-31-27(19-22(23)10-1)25-13-5-7-15-28(25)33-29-18-17-21-9-3-4-12-24(21)32(29)26-14-6-8-16-30(26)34(31)33/h1-20H. The smallest absolute Gasteiger partial charge is 0.329 e. The molecule has 2 aliphatic rings. The van der Waals surface area contributed by atoms with Crippen molar-refractivity contribution in [3.63, 3.8) is 0 Å². The molecule has 1 nitrogen and oxygen atoms in total. The SMILES string of the molecule is c1ccc2c(c1)B1c3ccc4ccccc4c3-c3ccccc3N1c1cc3ccccc3cc1-2. The van der Waals surface area contributed by atoms with Crippen LogP contribution in [0.4, 0.5) is 11.4 Å². The van der Waals surface area contributed by atoms with Crippen LogP contribution in [-0.4, -0.2) is 6.85 Å². The van der Waals surface area contributed by atoms with Crippen molar-refractivity contribution in [3.05, 3.63) is 121 Å². The molecule has 156 valence electrons. The van der Waals surface area contributed by atoms with Gasteiger partial charge in [-0.25, -0.2) is 0 Å². The van der Waals surface area contributed by atoms with Crippen LogP contribution in [-0.2, 0) is 0 Å². The van der Waals surface area contributed by atoms with Crippen LogP contribution in [0.15, 0.2) is 121 Å². The summed E-state index contributed by atoms with van der Waals surface area (Å²) in [4.78, 5) is 2.58. The number of anilines is 2. The average molecular weight is 429 g/mol. The minimum atomic E-state index is 0.138. The van der Waals surface area contributed by atoms with E-state index in [0.29, 0.717) is 0 Å². The fourth-order valence-electron chi connectivity index (χ4n) is 6.19. The Morgan fingerprint density at radius 1 is 0.441 bits per heavy atom. The van der Waals surface area contributed by atoms with Gasteiger partial charge in [0.2, 0.25) is 0 Å². The number of benzene rings is 6. The Bertz CT molecular complexity index is 1780. The lowest BCUT2D eigenvalue weighted by molar-refractivity contribution is 1.36. The molecule has 0 radical (unpaired) electrons. The first-order chi connectivity index (χ1) is 16.9. The Morgan fingerprint density at radius 3 is 2.00 bits per heavy atom. The molecule has 2 aliphatic heterocycles. The van der Waals surface area contributed by atoms with Gasteiger partial charge in [-0.3, -0.25) is 0 Å². The van der Waals surface area contributed by atoms with Gasteiger partial charge >= 0.3 is 6.85 Å². The molecular weight excluding hydrogens is 409 g/mol. The van der Waals surface area contributed by atoms with Crippen molar-refractivity contribution in [1.29, 1.82) is 0 Å². The van der Waals surface area contributed by atoms with Crippen molar-refractivity contribution in [2.45, 2.75) is 0 Å². The maximum absolute atomic E-state index is 2.58. The number of para-hydroxylation sites is 1. The second-order valence-electron chi connectivity index (χ2n) is 9.34. The highest BCUT2D eigenvalue weighted by Gasteiger charge is 2.42. The van der Waals surface area contributed by atoms with Crippen molar-refractivity contribution >= 4 is 50.7 Å². The third-order valence-electron chi connectivity index (χ3n) is 7.62. The monoisotopic (exact) mass is 429 g/mol. The molecule has 6 aromatic rings. The van der Waals surface area contributed by atoms with E-state index in [1.807, 2.05) is 0 Å². The Hall–Kier alpha value is -4.30. The summed E-state index contributed by atoms with van der Waals surface area (Å²) >= 11 is 0. The molecule has 0 amide bonds. The number of fused-ring (bicyclic) bond motifs is 14. The molecule has 0 atom stereocenters. The first-order valence-corrected chi connectivity index (χ1v) is 11.9. The topological polar surface area (TPSA) is 3.24 Å². The van der Waals surface area contributed by atoms with Gasteiger partial charge in [-0.05, 0) is 61.8 Å². The molecule has 0 unspecified atom stereocenters. The van der Waals surface area contributed by atoms with Gasteiger partial charge < -0.3 is 4.81 Å². The van der Waals surface area contributed by atoms with Gasteiger partial charge in [-0.2, -0.15) is 0 Å². The van der Waals surface area contributed by atoms with E-state index in [4.69, 9.17) is 0 Å². The van der Waals surface area contributed by atoms with Gasteiger partial charge in [0, 0.05) is 22.5 Å². The van der Waals surface area contributed by atoms with E-state index in [2.05, 4.69) is 126 Å². The van der Waals surface area contributed by atoms with Crippen molar-refractivity contribution in [3.8, 4) is 22.3 Å². The van der Waals surface area contributed by atoms with Crippen molar-refractivity contribution in [2.75, 3.05) is 4.81 Å². The molecule has 0 saturated carbocycles. The highest BCUT2D eigenvalue weighted by molar-refractivity contribution is 6.92. The molecule has 2 heterocycles. The summed E-state index contributed by atoms with van der Waals surface area (Å²) in [5.74, 6) is 0. The fourth-order valence-corrected chi connectivity index (χ4v) is 6.19. The Morgan fingerprint density at radius 2 is 1.12 bits per heavy atom. The highest BCUT2D eigenvalue weighted by Crippen LogP contribution is 2.48. The van der Waals surface area contributed by atoms with E-state index in [9.17, 15) is 0 Å². The summed E-state index contributed by atoms with van der Waals surface area (Å²) in [7, 11) is 0. The zero-order valence-electron chi connectivity index (χ0n) is 18.6. The lowest BCUT2D eigenvalue weighted by Gasteiger charge is -2.43. The third-order valence-corrected chi connectivity index (χ3v) is 7.62. The van der Waals surface area contributed by atoms with Gasteiger partial charge in [0.25, 0.3) is 0 Å². The predicted molar refractivity (Wildman–Crippen MR) is 146 cm³/mol. The lowest BCUT2D eigenvalue weighted by atomic mass is 9.43. The van der Waals surface area contributed by atoms with Crippen LogP contribution in [0.25, 0.3) is 43.8 Å². The first-order valence-electron chi connectivity index (χ1n) is 11.9. The van der Waals surface area contributed by atoms with E-state index in [1.165, 1.54) is 66.1 Å². The van der Waals surface area contributed by atoms with Gasteiger partial charge in [-0.1, -0.05) is 103 Å². The molecule has 0 saturated heterocycles. The number of nitrogens with zero attached hydrogens (tertiary/aromatic N) is 1. The largest absolute Gasteiger partial charge is 0.376 e. The average Bonchev–Trinajstić information content (AvgIpc) is 2.91. The molecule has 6 aromatic carbocycles. The molecule has 0 N–H and O–H groups in total. The maximum atomic E-state index is 2.58. The zero-order valence-corrected chi connectivity index (χ0v) is 18.6. The van der Waals surface area contributed by atoms with E-state index < -0.39 is 0 Å². The van der Waals surface area contributed by atoms with E-state index in [-0.39, 0.29) is 6.85 Å².